The number of rotatable bonds is 4. The van der Waals surface area contributed by atoms with Gasteiger partial charge in [-0.25, -0.2) is 9.97 Å². The maximum atomic E-state index is 12.3. The van der Waals surface area contributed by atoms with Crippen molar-refractivity contribution in [3.63, 3.8) is 0 Å². The van der Waals surface area contributed by atoms with Crippen LogP contribution in [0.1, 0.15) is 25.1 Å². The predicted molar refractivity (Wildman–Crippen MR) is 99.4 cm³/mol. The summed E-state index contributed by atoms with van der Waals surface area (Å²) in [5.41, 5.74) is 0.725. The van der Waals surface area contributed by atoms with Crippen LogP contribution in [0.15, 0.2) is 30.7 Å². The number of nitrogens with one attached hydrogen (secondary N) is 2. The standard InChI is InChI=1S/C16H21N5O.2ClH/c1-12-18-9-10-21(12)16-14(3-2-6-19-16)20-15(22)11-13-4-7-17-8-5-13;;/h2-3,6,9-10,13,17H,4-5,7-8,11H2,1H3,(H,20,22);2*1H. The molecule has 1 amide bonds. The van der Waals surface area contributed by atoms with E-state index in [1.807, 2.05) is 29.8 Å². The molecule has 6 nitrogen and oxygen atoms in total. The fourth-order valence-electron chi connectivity index (χ4n) is 2.84. The molecule has 1 aliphatic heterocycles. The van der Waals surface area contributed by atoms with Gasteiger partial charge in [0.15, 0.2) is 5.82 Å². The Bertz CT molecular complexity index is 655. The van der Waals surface area contributed by atoms with E-state index in [-0.39, 0.29) is 30.7 Å². The molecule has 24 heavy (non-hydrogen) atoms. The van der Waals surface area contributed by atoms with E-state index >= 15 is 0 Å². The van der Waals surface area contributed by atoms with Gasteiger partial charge in [0.2, 0.25) is 5.91 Å². The Morgan fingerprint density at radius 3 is 2.71 bits per heavy atom. The number of carbonyl (C=O) groups is 1. The SMILES string of the molecule is Cc1nccn1-c1ncccc1NC(=O)CC1CCNCC1.Cl.Cl. The van der Waals surface area contributed by atoms with Crippen LogP contribution in [0.3, 0.4) is 0 Å². The van der Waals surface area contributed by atoms with Crippen LogP contribution < -0.4 is 10.6 Å². The van der Waals surface area contributed by atoms with Crippen LogP contribution in [-0.4, -0.2) is 33.5 Å². The van der Waals surface area contributed by atoms with Crippen molar-refractivity contribution < 1.29 is 4.79 Å². The van der Waals surface area contributed by atoms with Crippen molar-refractivity contribution in [1.29, 1.82) is 0 Å². The summed E-state index contributed by atoms with van der Waals surface area (Å²) >= 11 is 0. The second-order valence-electron chi connectivity index (χ2n) is 5.66. The molecule has 0 atom stereocenters. The number of aromatic nitrogens is 3. The molecule has 2 aromatic rings. The van der Waals surface area contributed by atoms with E-state index < -0.39 is 0 Å². The number of amides is 1. The van der Waals surface area contributed by atoms with Gasteiger partial charge in [-0.15, -0.1) is 24.8 Å². The minimum atomic E-state index is 0. The number of aryl methyl sites for hydroxylation is 1. The molecule has 0 radical (unpaired) electrons. The lowest BCUT2D eigenvalue weighted by molar-refractivity contribution is -0.117. The van der Waals surface area contributed by atoms with Crippen molar-refractivity contribution in [2.45, 2.75) is 26.2 Å². The highest BCUT2D eigenvalue weighted by molar-refractivity contribution is 5.92. The fourth-order valence-corrected chi connectivity index (χ4v) is 2.84. The van der Waals surface area contributed by atoms with E-state index in [1.165, 1.54) is 0 Å². The largest absolute Gasteiger partial charge is 0.323 e. The Morgan fingerprint density at radius 1 is 1.29 bits per heavy atom. The van der Waals surface area contributed by atoms with Gasteiger partial charge in [0, 0.05) is 25.0 Å². The summed E-state index contributed by atoms with van der Waals surface area (Å²) in [7, 11) is 0. The first-order chi connectivity index (χ1) is 10.7. The van der Waals surface area contributed by atoms with Gasteiger partial charge in [0.05, 0.1) is 5.69 Å². The normalized spacial score (nSPS) is 14.4. The first-order valence-corrected chi connectivity index (χ1v) is 7.70. The zero-order valence-corrected chi connectivity index (χ0v) is 15.2. The molecule has 2 aromatic heterocycles. The van der Waals surface area contributed by atoms with Crippen LogP contribution in [0.25, 0.3) is 5.82 Å². The van der Waals surface area contributed by atoms with Crippen molar-refractivity contribution in [2.24, 2.45) is 5.92 Å². The average molecular weight is 372 g/mol. The molecule has 132 valence electrons. The van der Waals surface area contributed by atoms with Gasteiger partial charge >= 0.3 is 0 Å². The maximum Gasteiger partial charge on any atom is 0.224 e. The summed E-state index contributed by atoms with van der Waals surface area (Å²) in [4.78, 5) is 20.9. The number of hydrogen-bond acceptors (Lipinski definition) is 4. The van der Waals surface area contributed by atoms with Gasteiger partial charge in [0.25, 0.3) is 0 Å². The lowest BCUT2D eigenvalue weighted by Gasteiger charge is -2.22. The van der Waals surface area contributed by atoms with Crippen molar-refractivity contribution in [1.82, 2.24) is 19.9 Å². The van der Waals surface area contributed by atoms with Crippen LogP contribution in [-0.2, 0) is 4.79 Å². The molecule has 0 saturated carbocycles. The third-order valence-electron chi connectivity index (χ3n) is 4.05. The highest BCUT2D eigenvalue weighted by atomic mass is 35.5. The van der Waals surface area contributed by atoms with Gasteiger partial charge in [-0.1, -0.05) is 0 Å². The number of pyridine rings is 1. The molecule has 3 rings (SSSR count). The lowest BCUT2D eigenvalue weighted by Crippen LogP contribution is -2.30. The minimum Gasteiger partial charge on any atom is -0.323 e. The highest BCUT2D eigenvalue weighted by Crippen LogP contribution is 2.21. The van der Waals surface area contributed by atoms with Crippen molar-refractivity contribution in [3.8, 4) is 5.82 Å². The van der Waals surface area contributed by atoms with Crippen molar-refractivity contribution in [2.75, 3.05) is 18.4 Å². The second kappa shape index (κ2) is 9.61. The fraction of sp³-hybridized carbons (Fsp3) is 0.438. The summed E-state index contributed by atoms with van der Waals surface area (Å²) in [6.45, 7) is 3.92. The number of piperidine rings is 1. The molecule has 0 aliphatic carbocycles. The number of anilines is 1. The summed E-state index contributed by atoms with van der Waals surface area (Å²) in [6, 6.07) is 3.71. The number of carbonyl (C=O) groups excluding carboxylic acids is 1. The van der Waals surface area contributed by atoms with Gasteiger partial charge in [-0.3, -0.25) is 9.36 Å². The van der Waals surface area contributed by atoms with Gasteiger partial charge < -0.3 is 10.6 Å². The number of hydrogen-bond donors (Lipinski definition) is 2. The highest BCUT2D eigenvalue weighted by Gasteiger charge is 2.18. The van der Waals surface area contributed by atoms with Gasteiger partial charge in [0.1, 0.15) is 5.82 Å². The van der Waals surface area contributed by atoms with Crippen molar-refractivity contribution >= 4 is 36.4 Å². The minimum absolute atomic E-state index is 0. The Kier molecular flexibility index (Phi) is 8.18. The molecule has 1 saturated heterocycles. The molecule has 0 aromatic carbocycles. The van der Waals surface area contributed by atoms with Gasteiger partial charge in [-0.2, -0.15) is 0 Å². The van der Waals surface area contributed by atoms with Crippen LogP contribution in [0.4, 0.5) is 5.69 Å². The number of imidazole rings is 1. The molecule has 0 bridgehead atoms. The molecule has 8 heteroatoms. The molecular weight excluding hydrogens is 349 g/mol. The van der Waals surface area contributed by atoms with Crippen LogP contribution in [0.2, 0.25) is 0 Å². The van der Waals surface area contributed by atoms with E-state index in [2.05, 4.69) is 20.6 Å². The van der Waals surface area contributed by atoms with Crippen LogP contribution in [0.5, 0.6) is 0 Å². The van der Waals surface area contributed by atoms with Crippen molar-refractivity contribution in [3.05, 3.63) is 36.5 Å². The first-order valence-electron chi connectivity index (χ1n) is 7.70. The van der Waals surface area contributed by atoms with Gasteiger partial charge in [-0.05, 0) is 50.9 Å². The molecule has 0 spiro atoms. The summed E-state index contributed by atoms with van der Waals surface area (Å²) in [5.74, 6) is 2.07. The number of halogens is 2. The first kappa shape index (κ1) is 20.4. The Balaban J connectivity index is 0.00000144. The topological polar surface area (TPSA) is 71.8 Å². The quantitative estimate of drug-likeness (QED) is 0.866. The lowest BCUT2D eigenvalue weighted by atomic mass is 9.94. The van der Waals surface area contributed by atoms with E-state index in [4.69, 9.17) is 0 Å². The second-order valence-corrected chi connectivity index (χ2v) is 5.66. The Hall–Kier alpha value is -1.63. The van der Waals surface area contributed by atoms with E-state index in [1.54, 1.807) is 12.4 Å². The maximum absolute atomic E-state index is 12.3. The molecule has 2 N–H and O–H groups in total. The van der Waals surface area contributed by atoms with Crippen LogP contribution in [0, 0.1) is 12.8 Å². The van der Waals surface area contributed by atoms with Crippen LogP contribution >= 0.6 is 24.8 Å². The smallest absolute Gasteiger partial charge is 0.224 e. The third-order valence-corrected chi connectivity index (χ3v) is 4.05. The average Bonchev–Trinajstić information content (AvgIpc) is 2.95. The molecule has 1 fully saturated rings. The Morgan fingerprint density at radius 2 is 2.04 bits per heavy atom. The van der Waals surface area contributed by atoms with E-state index in [9.17, 15) is 4.79 Å². The molecule has 1 aliphatic rings. The molecule has 0 unspecified atom stereocenters. The zero-order valence-electron chi connectivity index (χ0n) is 13.6. The summed E-state index contributed by atoms with van der Waals surface area (Å²) < 4.78 is 1.88. The molecule has 3 heterocycles. The molecular formula is C16H23Cl2N5O. The Labute approximate surface area is 154 Å². The van der Waals surface area contributed by atoms with E-state index in [0.717, 1.165) is 37.4 Å². The third kappa shape index (κ3) is 4.93. The monoisotopic (exact) mass is 371 g/mol. The zero-order chi connectivity index (χ0) is 15.4. The number of nitrogens with zero attached hydrogens (tertiary/aromatic N) is 3. The summed E-state index contributed by atoms with van der Waals surface area (Å²) in [6.07, 6.45) is 7.99. The summed E-state index contributed by atoms with van der Waals surface area (Å²) in [5, 5.41) is 6.32. The van der Waals surface area contributed by atoms with E-state index in [0.29, 0.717) is 18.2 Å². The predicted octanol–water partition coefficient (Wildman–Crippen LogP) is 2.75.